The van der Waals surface area contributed by atoms with E-state index in [2.05, 4.69) is 0 Å². The number of hydrogen-bond donors (Lipinski definition) is 3. The highest BCUT2D eigenvalue weighted by Crippen LogP contribution is 2.47. The number of anilines is 1. The molecule has 0 fully saturated rings. The van der Waals surface area contributed by atoms with Gasteiger partial charge in [0.05, 0.1) is 5.56 Å². The van der Waals surface area contributed by atoms with Gasteiger partial charge in [0.15, 0.2) is 5.69 Å². The van der Waals surface area contributed by atoms with Crippen molar-refractivity contribution in [3.63, 3.8) is 0 Å². The van der Waals surface area contributed by atoms with E-state index in [9.17, 15) is 53.9 Å². The second-order valence-electron chi connectivity index (χ2n) is 4.66. The summed E-state index contributed by atoms with van der Waals surface area (Å²) in [6.45, 7) is 0. The van der Waals surface area contributed by atoms with Gasteiger partial charge in [-0.05, 0) is 12.1 Å². The number of quaternary nitrogens is 1. The van der Waals surface area contributed by atoms with Crippen molar-refractivity contribution in [3.05, 3.63) is 29.0 Å². The van der Waals surface area contributed by atoms with Crippen LogP contribution in [0.5, 0.6) is 0 Å². The van der Waals surface area contributed by atoms with Gasteiger partial charge in [0.1, 0.15) is 5.69 Å². The lowest BCUT2D eigenvalue weighted by Crippen LogP contribution is -2.99. The molecule has 0 aliphatic rings. The van der Waals surface area contributed by atoms with Crippen LogP contribution in [0, 0.1) is 5.21 Å². The first kappa shape index (κ1) is 21.9. The fourth-order valence-corrected chi connectivity index (χ4v) is 1.53. The summed E-state index contributed by atoms with van der Waals surface area (Å²) >= 11 is 0. The highest BCUT2D eigenvalue weighted by atomic mass is 19.4. The van der Waals surface area contributed by atoms with Crippen LogP contribution in [0.4, 0.5) is 55.3 Å². The summed E-state index contributed by atoms with van der Waals surface area (Å²) in [6.07, 6.45) is -11.9. The summed E-state index contributed by atoms with van der Waals surface area (Å²) in [6, 6.07) is 0.0894. The summed E-state index contributed by atoms with van der Waals surface area (Å²) in [5, 5.41) is 18.2. The van der Waals surface area contributed by atoms with Gasteiger partial charge in [-0.3, -0.25) is 4.79 Å². The highest BCUT2D eigenvalue weighted by molar-refractivity contribution is 5.98. The molecule has 1 atom stereocenters. The van der Waals surface area contributed by atoms with Crippen molar-refractivity contribution in [2.75, 3.05) is 5.32 Å². The van der Waals surface area contributed by atoms with E-state index in [4.69, 9.17) is 5.21 Å². The van der Waals surface area contributed by atoms with Crippen molar-refractivity contribution < 1.29 is 59.1 Å². The van der Waals surface area contributed by atoms with Gasteiger partial charge in [-0.1, -0.05) is 0 Å². The molecule has 1 aromatic carbocycles. The van der Waals surface area contributed by atoms with Gasteiger partial charge in [-0.2, -0.15) is 49.1 Å². The Labute approximate surface area is 136 Å². The van der Waals surface area contributed by atoms with E-state index < -0.39 is 52.3 Å². The summed E-state index contributed by atoms with van der Waals surface area (Å²) in [4.78, 5) is 11.1. The average molecular weight is 404 g/mol. The largest absolute Gasteiger partial charge is 0.595 e. The summed E-state index contributed by atoms with van der Waals surface area (Å²) in [5.74, 6) is -16.5. The molecule has 1 rings (SSSR count). The summed E-state index contributed by atoms with van der Waals surface area (Å²) < 4.78 is 125. The maximum Gasteiger partial charge on any atom is 0.460 e. The van der Waals surface area contributed by atoms with Crippen LogP contribution >= 0.6 is 0 Å². The minimum atomic E-state index is -6.83. The number of carbonyl (C=O) groups excluding carboxylic acids is 1. The molecule has 0 heterocycles. The lowest BCUT2D eigenvalue weighted by Gasteiger charge is -2.27. The third-order valence-corrected chi connectivity index (χ3v) is 2.86. The molecule has 0 spiro atoms. The Kier molecular flexibility index (Phi) is 5.52. The minimum absolute atomic E-state index is 0.0993. The van der Waals surface area contributed by atoms with E-state index >= 15 is 0 Å². The highest BCUT2D eigenvalue weighted by Gasteiger charge is 2.76. The van der Waals surface area contributed by atoms with Gasteiger partial charge in [-0.25, -0.2) is 5.21 Å². The van der Waals surface area contributed by atoms with Crippen molar-refractivity contribution in [2.45, 2.75) is 24.2 Å². The first-order chi connectivity index (χ1) is 11.4. The number of alkyl halides is 10. The first-order valence-corrected chi connectivity index (χ1v) is 6.01. The Morgan fingerprint density at radius 3 is 1.88 bits per heavy atom. The van der Waals surface area contributed by atoms with Crippen LogP contribution in [-0.2, 0) is 11.0 Å². The van der Waals surface area contributed by atoms with Crippen molar-refractivity contribution in [3.8, 4) is 0 Å². The van der Waals surface area contributed by atoms with Crippen molar-refractivity contribution in [1.82, 2.24) is 0 Å². The normalized spacial score (nSPS) is 14.9. The van der Waals surface area contributed by atoms with Crippen LogP contribution < -0.4 is 10.5 Å². The molecule has 0 radical (unpaired) electrons. The van der Waals surface area contributed by atoms with Gasteiger partial charge in [-0.15, -0.1) is 0 Å². The van der Waals surface area contributed by atoms with Gasteiger partial charge in [0.25, 0.3) is 0 Å². The zero-order chi connectivity index (χ0) is 20.7. The first-order valence-electron chi connectivity index (χ1n) is 6.01. The molecule has 0 saturated carbocycles. The zero-order valence-electron chi connectivity index (χ0n) is 11.8. The minimum Gasteiger partial charge on any atom is -0.595 e. The quantitative estimate of drug-likeness (QED) is 0.534. The van der Waals surface area contributed by atoms with Gasteiger partial charge in [0, 0.05) is 6.07 Å². The fraction of sp³-hybridized carbons (Fsp3) is 0.364. The van der Waals surface area contributed by atoms with Crippen LogP contribution in [0.1, 0.15) is 5.56 Å². The smallest absolute Gasteiger partial charge is 0.460 e. The Hall–Kier alpha value is -2.13. The Morgan fingerprint density at radius 2 is 1.50 bits per heavy atom. The third-order valence-electron chi connectivity index (χ3n) is 2.86. The molecule has 26 heavy (non-hydrogen) atoms. The number of amides is 1. The van der Waals surface area contributed by atoms with E-state index in [1.807, 2.05) is 0 Å². The Bertz CT molecular complexity index is 684. The molecule has 5 nitrogen and oxygen atoms in total. The van der Waals surface area contributed by atoms with E-state index in [1.54, 1.807) is 0 Å². The van der Waals surface area contributed by atoms with Crippen molar-refractivity contribution >= 4 is 17.3 Å². The fourth-order valence-electron chi connectivity index (χ4n) is 1.53. The molecule has 1 amide bonds. The third kappa shape index (κ3) is 3.99. The molecule has 3 N–H and O–H groups in total. The van der Waals surface area contributed by atoms with Crippen LogP contribution in [-0.4, -0.2) is 29.1 Å². The maximum absolute atomic E-state index is 13.2. The molecular weight excluding hydrogens is 398 g/mol. The Balaban J connectivity index is 3.29. The average Bonchev–Trinajstić information content (AvgIpc) is 2.44. The SMILES string of the molecule is O=C(Nc1ccc(C(F)(F)F)cc1[NH+]([O-])O)C(F)(F)C(F)(F)C(F)(F)F. The van der Waals surface area contributed by atoms with Crippen LogP contribution in [0.2, 0.25) is 0 Å². The molecule has 1 unspecified atom stereocenters. The van der Waals surface area contributed by atoms with Crippen LogP contribution in [0.15, 0.2) is 18.2 Å². The number of halogens is 10. The number of rotatable bonds is 4. The van der Waals surface area contributed by atoms with Crippen LogP contribution in [0.3, 0.4) is 0 Å². The number of nitrogens with one attached hydrogen (secondary N) is 2. The van der Waals surface area contributed by atoms with Crippen molar-refractivity contribution in [1.29, 1.82) is 0 Å². The molecule has 0 aromatic heterocycles. The monoisotopic (exact) mass is 404 g/mol. The van der Waals surface area contributed by atoms with E-state index in [0.717, 1.165) is 5.32 Å². The van der Waals surface area contributed by atoms with Crippen molar-refractivity contribution in [2.24, 2.45) is 0 Å². The lowest BCUT2D eigenvalue weighted by atomic mass is 10.1. The molecule has 0 bridgehead atoms. The molecule has 148 valence electrons. The molecule has 0 saturated heterocycles. The van der Waals surface area contributed by atoms with Crippen LogP contribution in [0.25, 0.3) is 0 Å². The molecule has 1 aromatic rings. The second-order valence-corrected chi connectivity index (χ2v) is 4.66. The van der Waals surface area contributed by atoms with Gasteiger partial charge < -0.3 is 10.5 Å². The number of benzene rings is 1. The maximum atomic E-state index is 13.2. The molecule has 0 aliphatic carbocycles. The molecular formula is C11H6F10N2O3. The van der Waals surface area contributed by atoms with Gasteiger partial charge in [0.2, 0.25) is 0 Å². The number of hydrogen-bond acceptors (Lipinski definition) is 3. The van der Waals surface area contributed by atoms with E-state index in [0.29, 0.717) is 0 Å². The predicted molar refractivity (Wildman–Crippen MR) is 61.8 cm³/mol. The second kappa shape index (κ2) is 6.55. The zero-order valence-corrected chi connectivity index (χ0v) is 11.8. The number of carbonyl (C=O) groups is 1. The topological polar surface area (TPSA) is 76.8 Å². The summed E-state index contributed by atoms with van der Waals surface area (Å²) in [5.41, 5.74) is -4.40. The predicted octanol–water partition coefficient (Wildman–Crippen LogP) is 2.88. The van der Waals surface area contributed by atoms with Gasteiger partial charge >= 0.3 is 30.1 Å². The standard InChI is InChI=1S/C11H6F10N2O3/c12-8(13,10(17,18)11(19,20)21)7(24)22-5-2-1-4(9(14,15)16)3-6(5)23(25)26/h1-3,23,25H,(H,22,24). The summed E-state index contributed by atoms with van der Waals surface area (Å²) in [7, 11) is 0. The molecule has 15 heteroatoms. The molecule has 0 aliphatic heterocycles. The lowest BCUT2D eigenvalue weighted by molar-refractivity contribution is -0.990. The Morgan fingerprint density at radius 1 is 1.00 bits per heavy atom. The van der Waals surface area contributed by atoms with E-state index in [-0.39, 0.29) is 18.2 Å². The van der Waals surface area contributed by atoms with E-state index in [1.165, 1.54) is 0 Å².